The molecule has 0 fully saturated rings. The van der Waals surface area contributed by atoms with Crippen molar-refractivity contribution in [1.29, 1.82) is 0 Å². The van der Waals surface area contributed by atoms with Gasteiger partial charge in [-0.05, 0) is 32.1 Å². The minimum Gasteiger partial charge on any atom is -0.351 e. The number of anilines is 1. The van der Waals surface area contributed by atoms with Gasteiger partial charge in [0, 0.05) is 24.1 Å². The Labute approximate surface area is 141 Å². The number of hydrogen-bond acceptors (Lipinski definition) is 4. The van der Waals surface area contributed by atoms with E-state index in [1.54, 1.807) is 0 Å². The van der Waals surface area contributed by atoms with Crippen molar-refractivity contribution in [3.8, 4) is 0 Å². The molecular weight excluding hydrogens is 310 g/mol. The summed E-state index contributed by atoms with van der Waals surface area (Å²) in [7, 11) is 2.04. The molecule has 5 nitrogen and oxygen atoms in total. The molecule has 0 saturated carbocycles. The van der Waals surface area contributed by atoms with Crippen LogP contribution < -0.4 is 10.6 Å². The molecule has 1 aliphatic heterocycles. The summed E-state index contributed by atoms with van der Waals surface area (Å²) in [6, 6.07) is 7.56. The van der Waals surface area contributed by atoms with E-state index in [1.165, 1.54) is 17.8 Å². The lowest BCUT2D eigenvalue weighted by Gasteiger charge is -2.18. The van der Waals surface area contributed by atoms with E-state index in [0.717, 1.165) is 36.5 Å². The maximum absolute atomic E-state index is 12.0. The number of rotatable bonds is 7. The van der Waals surface area contributed by atoms with Gasteiger partial charge >= 0.3 is 0 Å². The maximum Gasteiger partial charge on any atom is 0.262 e. The van der Waals surface area contributed by atoms with Gasteiger partial charge in [-0.1, -0.05) is 37.2 Å². The van der Waals surface area contributed by atoms with Crippen LogP contribution in [-0.2, 0) is 9.59 Å². The first-order valence-corrected chi connectivity index (χ1v) is 8.68. The van der Waals surface area contributed by atoms with E-state index < -0.39 is 0 Å². The number of carbonyl (C=O) groups is 2. The van der Waals surface area contributed by atoms with Crippen LogP contribution in [0.3, 0.4) is 0 Å². The zero-order chi connectivity index (χ0) is 16.7. The molecule has 1 aliphatic rings. The van der Waals surface area contributed by atoms with Gasteiger partial charge in [0.2, 0.25) is 5.91 Å². The molecule has 0 aliphatic carbocycles. The van der Waals surface area contributed by atoms with Crippen LogP contribution in [0.2, 0.25) is 0 Å². The Morgan fingerprint density at radius 3 is 2.91 bits per heavy atom. The highest BCUT2D eigenvalue weighted by atomic mass is 32.2. The molecule has 0 spiro atoms. The maximum atomic E-state index is 12.0. The van der Waals surface area contributed by atoms with E-state index in [4.69, 9.17) is 0 Å². The monoisotopic (exact) mass is 333 g/mol. The zero-order valence-corrected chi connectivity index (χ0v) is 14.4. The van der Waals surface area contributed by atoms with E-state index in [-0.39, 0.29) is 11.8 Å². The minimum atomic E-state index is -0.232. The normalized spacial score (nSPS) is 15.4. The van der Waals surface area contributed by atoms with Gasteiger partial charge in [0.1, 0.15) is 0 Å². The first-order chi connectivity index (χ1) is 11.1. The van der Waals surface area contributed by atoms with Gasteiger partial charge in [-0.3, -0.25) is 9.59 Å². The summed E-state index contributed by atoms with van der Waals surface area (Å²) in [5.41, 5.74) is 0.789. The second-order valence-corrected chi connectivity index (χ2v) is 6.59. The number of nitrogens with zero attached hydrogens (tertiary/aromatic N) is 1. The van der Waals surface area contributed by atoms with E-state index in [1.807, 2.05) is 31.3 Å². The van der Waals surface area contributed by atoms with Crippen LogP contribution in [0.25, 0.3) is 0 Å². The second-order valence-electron chi connectivity index (χ2n) is 5.51. The van der Waals surface area contributed by atoms with Crippen molar-refractivity contribution in [2.24, 2.45) is 0 Å². The van der Waals surface area contributed by atoms with Crippen LogP contribution in [0.4, 0.5) is 5.69 Å². The molecule has 0 bridgehead atoms. The van der Waals surface area contributed by atoms with Crippen molar-refractivity contribution in [3.63, 3.8) is 0 Å². The summed E-state index contributed by atoms with van der Waals surface area (Å²) in [5, 5.41) is 5.63. The van der Waals surface area contributed by atoms with Crippen molar-refractivity contribution in [2.45, 2.75) is 24.7 Å². The Morgan fingerprint density at radius 2 is 2.13 bits per heavy atom. The SMILES string of the molecule is CCCCN(C)CCNC(=O)/C=C1\Sc2ccccc2NC1=O. The van der Waals surface area contributed by atoms with E-state index in [9.17, 15) is 9.59 Å². The summed E-state index contributed by atoms with van der Waals surface area (Å²) < 4.78 is 0. The summed E-state index contributed by atoms with van der Waals surface area (Å²) in [5.74, 6) is -0.463. The average Bonchev–Trinajstić information content (AvgIpc) is 2.53. The molecule has 23 heavy (non-hydrogen) atoms. The van der Waals surface area contributed by atoms with Gasteiger partial charge in [0.05, 0.1) is 10.6 Å². The predicted octanol–water partition coefficient (Wildman–Crippen LogP) is 2.46. The Bertz CT molecular complexity index is 601. The molecule has 0 radical (unpaired) electrons. The largest absolute Gasteiger partial charge is 0.351 e. The van der Waals surface area contributed by atoms with Crippen LogP contribution in [0.1, 0.15) is 19.8 Å². The average molecular weight is 333 g/mol. The summed E-state index contributed by atoms with van der Waals surface area (Å²) in [6.45, 7) is 4.57. The van der Waals surface area contributed by atoms with Crippen molar-refractivity contribution >= 4 is 29.3 Å². The molecule has 2 amide bonds. The van der Waals surface area contributed by atoms with Crippen LogP contribution in [0.5, 0.6) is 0 Å². The molecule has 1 heterocycles. The number of thioether (sulfide) groups is 1. The number of fused-ring (bicyclic) bond motifs is 1. The van der Waals surface area contributed by atoms with Crippen LogP contribution in [-0.4, -0.2) is 43.4 Å². The molecular formula is C17H23N3O2S. The number of hydrogen-bond donors (Lipinski definition) is 2. The van der Waals surface area contributed by atoms with Gasteiger partial charge in [0.25, 0.3) is 5.91 Å². The Hall–Kier alpha value is -1.79. The van der Waals surface area contributed by atoms with Crippen LogP contribution >= 0.6 is 11.8 Å². The number of likely N-dealkylation sites (N-methyl/N-ethyl adjacent to an activating group) is 1. The highest BCUT2D eigenvalue weighted by Gasteiger charge is 2.21. The number of para-hydroxylation sites is 1. The number of unbranched alkanes of at least 4 members (excludes halogenated alkanes) is 1. The molecule has 0 aromatic heterocycles. The highest BCUT2D eigenvalue weighted by Crippen LogP contribution is 2.37. The highest BCUT2D eigenvalue weighted by molar-refractivity contribution is 8.04. The first-order valence-electron chi connectivity index (χ1n) is 7.86. The van der Waals surface area contributed by atoms with Crippen LogP contribution in [0, 0.1) is 0 Å². The lowest BCUT2D eigenvalue weighted by molar-refractivity contribution is -0.117. The fraction of sp³-hybridized carbons (Fsp3) is 0.412. The van der Waals surface area contributed by atoms with Gasteiger partial charge in [-0.15, -0.1) is 0 Å². The molecule has 2 rings (SSSR count). The molecule has 1 aromatic carbocycles. The Kier molecular flexibility index (Phi) is 6.67. The molecule has 0 atom stereocenters. The smallest absolute Gasteiger partial charge is 0.262 e. The third-order valence-corrected chi connectivity index (χ3v) is 4.63. The fourth-order valence-electron chi connectivity index (χ4n) is 2.18. The molecule has 124 valence electrons. The summed E-state index contributed by atoms with van der Waals surface area (Å²) >= 11 is 1.32. The van der Waals surface area contributed by atoms with Crippen molar-refractivity contribution in [1.82, 2.24) is 10.2 Å². The van der Waals surface area contributed by atoms with E-state index in [2.05, 4.69) is 22.5 Å². The molecule has 0 unspecified atom stereocenters. The molecule has 6 heteroatoms. The number of nitrogens with one attached hydrogen (secondary N) is 2. The quantitative estimate of drug-likeness (QED) is 0.753. The van der Waals surface area contributed by atoms with E-state index in [0.29, 0.717) is 11.4 Å². The molecule has 2 N–H and O–H groups in total. The Balaban J connectivity index is 1.84. The van der Waals surface area contributed by atoms with Gasteiger partial charge < -0.3 is 15.5 Å². The standard InChI is InChI=1S/C17H23N3O2S/c1-3-4-10-20(2)11-9-18-16(21)12-15-17(22)19-13-7-5-6-8-14(13)23-15/h5-8,12H,3-4,9-11H2,1-2H3,(H,18,21)(H,19,22)/b15-12-. The van der Waals surface area contributed by atoms with E-state index >= 15 is 0 Å². The van der Waals surface area contributed by atoms with Crippen molar-refractivity contribution in [2.75, 3.05) is 32.0 Å². The predicted molar refractivity (Wildman–Crippen MR) is 94.4 cm³/mol. The molecule has 0 saturated heterocycles. The topological polar surface area (TPSA) is 61.4 Å². The minimum absolute atomic E-state index is 0.231. The summed E-state index contributed by atoms with van der Waals surface area (Å²) in [6.07, 6.45) is 3.70. The molecule has 1 aromatic rings. The lowest BCUT2D eigenvalue weighted by Crippen LogP contribution is -2.33. The summed E-state index contributed by atoms with van der Waals surface area (Å²) in [4.78, 5) is 27.5. The zero-order valence-electron chi connectivity index (χ0n) is 13.6. The number of carbonyl (C=O) groups excluding carboxylic acids is 2. The second kappa shape index (κ2) is 8.74. The third-order valence-electron chi connectivity index (χ3n) is 3.53. The van der Waals surface area contributed by atoms with Crippen LogP contribution in [0.15, 0.2) is 40.1 Å². The number of amides is 2. The fourth-order valence-corrected chi connectivity index (χ4v) is 3.10. The third kappa shape index (κ3) is 5.41. The Morgan fingerprint density at radius 1 is 1.35 bits per heavy atom. The van der Waals surface area contributed by atoms with Gasteiger partial charge in [-0.25, -0.2) is 0 Å². The van der Waals surface area contributed by atoms with Gasteiger partial charge in [0.15, 0.2) is 0 Å². The van der Waals surface area contributed by atoms with Crippen molar-refractivity contribution in [3.05, 3.63) is 35.2 Å². The lowest BCUT2D eigenvalue weighted by atomic mass is 10.3. The van der Waals surface area contributed by atoms with Crippen molar-refractivity contribution < 1.29 is 9.59 Å². The number of benzene rings is 1. The van der Waals surface area contributed by atoms with Gasteiger partial charge in [-0.2, -0.15) is 0 Å². The first kappa shape index (κ1) is 17.6.